The van der Waals surface area contributed by atoms with Crippen molar-refractivity contribution in [1.29, 1.82) is 0 Å². The minimum atomic E-state index is 0.852. The number of fused-ring (bicyclic) bond motifs is 1. The standard InChI is InChI=1S/C7H5IN2S/c8-4-1-2-5-7(6(4)9)11-3-10-5/h1-3H,9H2. The minimum absolute atomic E-state index is 0.852. The Hall–Kier alpha value is -0.360. The zero-order valence-corrected chi connectivity index (χ0v) is 8.52. The van der Waals surface area contributed by atoms with Crippen molar-refractivity contribution in [3.8, 4) is 0 Å². The molecule has 2 rings (SSSR count). The maximum absolute atomic E-state index is 5.83. The molecule has 1 heterocycles. The lowest BCUT2D eigenvalue weighted by Crippen LogP contribution is -1.88. The number of rotatable bonds is 0. The molecule has 0 fully saturated rings. The van der Waals surface area contributed by atoms with Gasteiger partial charge in [-0.05, 0) is 34.7 Å². The first kappa shape index (κ1) is 7.30. The van der Waals surface area contributed by atoms with E-state index >= 15 is 0 Å². The Morgan fingerprint density at radius 2 is 2.27 bits per heavy atom. The average Bonchev–Trinajstić information content (AvgIpc) is 2.45. The van der Waals surface area contributed by atoms with Crippen molar-refractivity contribution in [3.05, 3.63) is 21.2 Å². The zero-order valence-electron chi connectivity index (χ0n) is 5.54. The predicted molar refractivity (Wildman–Crippen MR) is 56.7 cm³/mol. The molecular weight excluding hydrogens is 271 g/mol. The van der Waals surface area contributed by atoms with Gasteiger partial charge in [0.05, 0.1) is 21.4 Å². The molecule has 0 bridgehead atoms. The van der Waals surface area contributed by atoms with Crippen LogP contribution in [0.15, 0.2) is 17.6 Å². The number of thiazole rings is 1. The van der Waals surface area contributed by atoms with Crippen molar-refractivity contribution in [2.45, 2.75) is 0 Å². The Kier molecular flexibility index (Phi) is 1.72. The van der Waals surface area contributed by atoms with Crippen LogP contribution in [-0.2, 0) is 0 Å². The molecule has 0 spiro atoms. The summed E-state index contributed by atoms with van der Waals surface area (Å²) in [4.78, 5) is 4.16. The molecule has 11 heavy (non-hydrogen) atoms. The number of hydrogen-bond donors (Lipinski definition) is 1. The van der Waals surface area contributed by atoms with Gasteiger partial charge in [-0.1, -0.05) is 0 Å². The Morgan fingerprint density at radius 1 is 1.45 bits per heavy atom. The number of nitrogens with zero attached hydrogens (tertiary/aromatic N) is 1. The van der Waals surface area contributed by atoms with Crippen LogP contribution in [0.3, 0.4) is 0 Å². The van der Waals surface area contributed by atoms with Gasteiger partial charge >= 0.3 is 0 Å². The van der Waals surface area contributed by atoms with Crippen molar-refractivity contribution in [2.75, 3.05) is 5.73 Å². The summed E-state index contributed by atoms with van der Waals surface area (Å²) in [7, 11) is 0. The smallest absolute Gasteiger partial charge is 0.0833 e. The summed E-state index contributed by atoms with van der Waals surface area (Å²) in [5.74, 6) is 0. The highest BCUT2D eigenvalue weighted by Gasteiger charge is 2.02. The van der Waals surface area contributed by atoms with Gasteiger partial charge in [-0.3, -0.25) is 0 Å². The lowest BCUT2D eigenvalue weighted by Gasteiger charge is -1.96. The molecule has 1 aromatic carbocycles. The molecule has 0 aliphatic carbocycles. The van der Waals surface area contributed by atoms with Gasteiger partial charge in [0.25, 0.3) is 0 Å². The minimum Gasteiger partial charge on any atom is -0.397 e. The molecule has 2 aromatic rings. The highest BCUT2D eigenvalue weighted by atomic mass is 127. The monoisotopic (exact) mass is 276 g/mol. The second-order valence-electron chi connectivity index (χ2n) is 2.16. The number of anilines is 1. The third-order valence-corrected chi connectivity index (χ3v) is 3.30. The summed E-state index contributed by atoms with van der Waals surface area (Å²) in [6.07, 6.45) is 0. The van der Waals surface area contributed by atoms with Gasteiger partial charge in [-0.25, -0.2) is 4.98 Å². The van der Waals surface area contributed by atoms with E-state index in [-0.39, 0.29) is 0 Å². The molecule has 0 aliphatic heterocycles. The van der Waals surface area contributed by atoms with Crippen LogP contribution in [0.5, 0.6) is 0 Å². The number of benzene rings is 1. The fourth-order valence-corrected chi connectivity index (χ4v) is 2.31. The Labute approximate surface area is 81.6 Å². The van der Waals surface area contributed by atoms with Crippen LogP contribution in [0.1, 0.15) is 0 Å². The molecule has 4 heteroatoms. The third kappa shape index (κ3) is 1.10. The van der Waals surface area contributed by atoms with E-state index in [4.69, 9.17) is 5.73 Å². The molecular formula is C7H5IN2S. The van der Waals surface area contributed by atoms with E-state index in [1.165, 1.54) is 0 Å². The van der Waals surface area contributed by atoms with E-state index in [9.17, 15) is 0 Å². The molecule has 0 atom stereocenters. The summed E-state index contributed by atoms with van der Waals surface area (Å²) in [6.45, 7) is 0. The summed E-state index contributed by atoms with van der Waals surface area (Å²) in [5.41, 5.74) is 9.49. The van der Waals surface area contributed by atoms with Crippen molar-refractivity contribution >= 4 is 49.8 Å². The third-order valence-electron chi connectivity index (χ3n) is 1.48. The number of halogens is 1. The van der Waals surface area contributed by atoms with E-state index < -0.39 is 0 Å². The highest BCUT2D eigenvalue weighted by Crippen LogP contribution is 2.28. The van der Waals surface area contributed by atoms with Crippen molar-refractivity contribution in [2.24, 2.45) is 0 Å². The number of aromatic nitrogens is 1. The molecule has 0 saturated carbocycles. The first-order chi connectivity index (χ1) is 5.29. The summed E-state index contributed by atoms with van der Waals surface area (Å²) >= 11 is 3.81. The topological polar surface area (TPSA) is 38.9 Å². The number of nitrogen functional groups attached to an aromatic ring is 1. The Balaban J connectivity index is 2.93. The fourth-order valence-electron chi connectivity index (χ4n) is 0.925. The number of nitrogens with two attached hydrogens (primary N) is 1. The molecule has 0 amide bonds. The van der Waals surface area contributed by atoms with Crippen molar-refractivity contribution in [3.63, 3.8) is 0 Å². The van der Waals surface area contributed by atoms with Crippen LogP contribution in [-0.4, -0.2) is 4.98 Å². The van der Waals surface area contributed by atoms with Crippen LogP contribution in [0.2, 0.25) is 0 Å². The molecule has 0 unspecified atom stereocenters. The molecule has 0 aliphatic rings. The normalized spacial score (nSPS) is 10.6. The van der Waals surface area contributed by atoms with E-state index in [0.29, 0.717) is 0 Å². The predicted octanol–water partition coefficient (Wildman–Crippen LogP) is 2.48. The first-order valence-corrected chi connectivity index (χ1v) is 5.02. The fraction of sp³-hybridized carbons (Fsp3) is 0. The van der Waals surface area contributed by atoms with E-state index in [2.05, 4.69) is 27.6 Å². The summed E-state index contributed by atoms with van der Waals surface area (Å²) in [5, 5.41) is 0. The quantitative estimate of drug-likeness (QED) is 0.593. The maximum atomic E-state index is 5.83. The summed E-state index contributed by atoms with van der Waals surface area (Å²) in [6, 6.07) is 3.97. The van der Waals surface area contributed by atoms with Crippen LogP contribution < -0.4 is 5.73 Å². The summed E-state index contributed by atoms with van der Waals surface area (Å²) < 4.78 is 2.19. The SMILES string of the molecule is Nc1c(I)ccc2ncsc12. The van der Waals surface area contributed by atoms with Gasteiger partial charge in [-0.15, -0.1) is 11.3 Å². The van der Waals surface area contributed by atoms with Crippen LogP contribution in [0.4, 0.5) is 5.69 Å². The second-order valence-corrected chi connectivity index (χ2v) is 4.18. The maximum Gasteiger partial charge on any atom is 0.0833 e. The highest BCUT2D eigenvalue weighted by molar-refractivity contribution is 14.1. The van der Waals surface area contributed by atoms with Crippen molar-refractivity contribution < 1.29 is 0 Å². The largest absolute Gasteiger partial charge is 0.397 e. The van der Waals surface area contributed by atoms with Crippen molar-refractivity contribution in [1.82, 2.24) is 4.98 Å². The first-order valence-electron chi connectivity index (χ1n) is 3.06. The lowest BCUT2D eigenvalue weighted by molar-refractivity contribution is 1.50. The molecule has 0 saturated heterocycles. The van der Waals surface area contributed by atoms with Gasteiger partial charge < -0.3 is 5.73 Å². The molecule has 56 valence electrons. The number of hydrogen-bond acceptors (Lipinski definition) is 3. The van der Waals surface area contributed by atoms with E-state index in [1.54, 1.807) is 11.3 Å². The van der Waals surface area contributed by atoms with Crippen LogP contribution in [0, 0.1) is 3.57 Å². The average molecular weight is 276 g/mol. The van der Waals surface area contributed by atoms with Gasteiger partial charge in [0.15, 0.2) is 0 Å². The van der Waals surface area contributed by atoms with E-state index in [0.717, 1.165) is 19.5 Å². The van der Waals surface area contributed by atoms with Crippen LogP contribution >= 0.6 is 33.9 Å². The van der Waals surface area contributed by atoms with Gasteiger partial charge in [0.2, 0.25) is 0 Å². The molecule has 2 nitrogen and oxygen atoms in total. The Bertz CT molecular complexity index is 396. The second kappa shape index (κ2) is 2.60. The molecule has 1 aromatic heterocycles. The Morgan fingerprint density at radius 3 is 3.09 bits per heavy atom. The lowest BCUT2D eigenvalue weighted by atomic mass is 10.3. The van der Waals surface area contributed by atoms with Gasteiger partial charge in [0, 0.05) is 3.57 Å². The van der Waals surface area contributed by atoms with Crippen LogP contribution in [0.25, 0.3) is 10.2 Å². The van der Waals surface area contributed by atoms with Gasteiger partial charge in [-0.2, -0.15) is 0 Å². The van der Waals surface area contributed by atoms with E-state index in [1.807, 2.05) is 17.6 Å². The van der Waals surface area contributed by atoms with Gasteiger partial charge in [0.1, 0.15) is 0 Å². The molecule has 0 radical (unpaired) electrons. The zero-order chi connectivity index (χ0) is 7.84. The molecule has 2 N–H and O–H groups in total.